The van der Waals surface area contributed by atoms with Crippen LogP contribution in [0.3, 0.4) is 0 Å². The molecule has 0 saturated carbocycles. The Balaban J connectivity index is 1.81. The second-order valence-electron chi connectivity index (χ2n) is 3.36. The van der Waals surface area contributed by atoms with Crippen molar-refractivity contribution < 1.29 is 4.42 Å². The lowest BCUT2D eigenvalue weighted by Gasteiger charge is -1.99. The molecule has 0 bridgehead atoms. The molecule has 0 saturated heterocycles. The van der Waals surface area contributed by atoms with E-state index in [1.165, 1.54) is 0 Å². The summed E-state index contributed by atoms with van der Waals surface area (Å²) in [5, 5.41) is 0. The van der Waals surface area contributed by atoms with Crippen molar-refractivity contribution >= 4 is 5.69 Å². The molecule has 0 aliphatic carbocycles. The maximum absolute atomic E-state index is 5.55. The van der Waals surface area contributed by atoms with Gasteiger partial charge >= 0.3 is 0 Å². The van der Waals surface area contributed by atoms with E-state index in [2.05, 4.69) is 9.97 Å². The quantitative estimate of drug-likeness (QED) is 0.823. The van der Waals surface area contributed by atoms with Crippen LogP contribution in [0, 0.1) is 0 Å². The molecule has 0 aliphatic heterocycles. The smallest absolute Gasteiger partial charge is 0.193 e. The van der Waals surface area contributed by atoms with Gasteiger partial charge in [0, 0.05) is 12.1 Å². The Morgan fingerprint density at radius 3 is 2.80 bits per heavy atom. The van der Waals surface area contributed by atoms with Crippen molar-refractivity contribution in [3.05, 3.63) is 42.4 Å². The second-order valence-corrected chi connectivity index (χ2v) is 3.36. The van der Waals surface area contributed by atoms with Crippen molar-refractivity contribution in [3.8, 4) is 0 Å². The fraction of sp³-hybridized carbons (Fsp3) is 0.273. The molecule has 0 aromatic carbocycles. The van der Waals surface area contributed by atoms with E-state index >= 15 is 0 Å². The number of oxazole rings is 1. The molecule has 0 amide bonds. The minimum atomic E-state index is 0.700. The zero-order valence-corrected chi connectivity index (χ0v) is 8.39. The number of nitrogen functional groups attached to an aromatic ring is 1. The summed E-state index contributed by atoms with van der Waals surface area (Å²) in [6, 6.07) is 3.82. The summed E-state index contributed by atoms with van der Waals surface area (Å²) in [6.45, 7) is 0. The van der Waals surface area contributed by atoms with Gasteiger partial charge in [-0.2, -0.15) is 0 Å². The zero-order valence-electron chi connectivity index (χ0n) is 8.39. The van der Waals surface area contributed by atoms with Crippen LogP contribution in [-0.4, -0.2) is 9.97 Å². The van der Waals surface area contributed by atoms with E-state index in [4.69, 9.17) is 10.2 Å². The number of nitrogens with two attached hydrogens (primary N) is 1. The van der Waals surface area contributed by atoms with Crippen LogP contribution >= 0.6 is 0 Å². The highest BCUT2D eigenvalue weighted by molar-refractivity contribution is 5.34. The molecule has 2 aromatic rings. The Bertz CT molecular complexity index is 394. The number of pyridine rings is 1. The van der Waals surface area contributed by atoms with Gasteiger partial charge in [-0.25, -0.2) is 4.98 Å². The normalized spacial score (nSPS) is 10.4. The molecular weight excluding hydrogens is 190 g/mol. The minimum Gasteiger partial charge on any atom is -0.449 e. The van der Waals surface area contributed by atoms with Crippen LogP contribution in [-0.2, 0) is 12.8 Å². The lowest BCUT2D eigenvalue weighted by Crippen LogP contribution is -1.94. The fourth-order valence-electron chi connectivity index (χ4n) is 1.38. The summed E-state index contributed by atoms with van der Waals surface area (Å²) in [4.78, 5) is 8.28. The first kappa shape index (κ1) is 9.71. The third-order valence-electron chi connectivity index (χ3n) is 2.15. The molecule has 0 aliphatic rings. The predicted octanol–water partition coefficient (Wildman–Crippen LogP) is 1.83. The molecule has 0 radical (unpaired) electrons. The molecule has 4 nitrogen and oxygen atoms in total. The molecule has 78 valence electrons. The van der Waals surface area contributed by atoms with Gasteiger partial charge in [-0.1, -0.05) is 0 Å². The summed E-state index contributed by atoms with van der Waals surface area (Å²) in [5.74, 6) is 0.783. The largest absolute Gasteiger partial charge is 0.449 e. The standard InChI is InChI=1S/C11H13N3O/c12-9-4-5-10(14-8-9)2-1-3-11-13-6-7-15-11/h4-8H,1-3,12H2. The molecule has 15 heavy (non-hydrogen) atoms. The molecule has 2 heterocycles. The summed E-state index contributed by atoms with van der Waals surface area (Å²) >= 11 is 0. The zero-order chi connectivity index (χ0) is 10.5. The highest BCUT2D eigenvalue weighted by Gasteiger charge is 1.99. The molecule has 0 fully saturated rings. The number of nitrogens with zero attached hydrogens (tertiary/aromatic N) is 2. The molecule has 2 N–H and O–H groups in total. The van der Waals surface area contributed by atoms with Crippen molar-refractivity contribution in [3.63, 3.8) is 0 Å². The minimum absolute atomic E-state index is 0.700. The van der Waals surface area contributed by atoms with Crippen molar-refractivity contribution in [2.45, 2.75) is 19.3 Å². The molecule has 2 aromatic heterocycles. The van der Waals surface area contributed by atoms with Gasteiger partial charge in [0.2, 0.25) is 0 Å². The second kappa shape index (κ2) is 4.59. The maximum atomic E-state index is 5.55. The molecule has 0 spiro atoms. The van der Waals surface area contributed by atoms with Gasteiger partial charge in [-0.15, -0.1) is 0 Å². The summed E-state index contributed by atoms with van der Waals surface area (Å²) in [6.07, 6.45) is 7.69. The lowest BCUT2D eigenvalue weighted by molar-refractivity contribution is 0.486. The van der Waals surface area contributed by atoms with Gasteiger partial charge in [0.15, 0.2) is 5.89 Å². The highest BCUT2D eigenvalue weighted by atomic mass is 16.3. The highest BCUT2D eigenvalue weighted by Crippen LogP contribution is 2.06. The molecular formula is C11H13N3O. The topological polar surface area (TPSA) is 64.9 Å². The van der Waals surface area contributed by atoms with E-state index in [0.29, 0.717) is 5.69 Å². The molecule has 0 atom stereocenters. The van der Waals surface area contributed by atoms with Crippen LogP contribution < -0.4 is 5.73 Å². The van der Waals surface area contributed by atoms with Crippen LogP contribution in [0.5, 0.6) is 0 Å². The molecule has 4 heteroatoms. The maximum Gasteiger partial charge on any atom is 0.193 e. The number of hydrogen-bond acceptors (Lipinski definition) is 4. The predicted molar refractivity (Wildman–Crippen MR) is 57.2 cm³/mol. The SMILES string of the molecule is Nc1ccc(CCCc2ncco2)nc1. The van der Waals surface area contributed by atoms with E-state index in [0.717, 1.165) is 30.8 Å². The third kappa shape index (κ3) is 2.80. The average Bonchev–Trinajstić information content (AvgIpc) is 2.74. The van der Waals surface area contributed by atoms with E-state index in [-0.39, 0.29) is 0 Å². The first-order valence-electron chi connectivity index (χ1n) is 4.93. The van der Waals surface area contributed by atoms with Gasteiger partial charge in [0.1, 0.15) is 6.26 Å². The Morgan fingerprint density at radius 2 is 2.13 bits per heavy atom. The Kier molecular flexibility index (Phi) is 2.97. The first-order chi connectivity index (χ1) is 7.34. The van der Waals surface area contributed by atoms with Gasteiger partial charge in [-0.3, -0.25) is 4.98 Å². The summed E-state index contributed by atoms with van der Waals surface area (Å²) < 4.78 is 5.14. The number of aromatic nitrogens is 2. The van der Waals surface area contributed by atoms with Crippen LogP contribution in [0.1, 0.15) is 18.0 Å². The van der Waals surface area contributed by atoms with Crippen LogP contribution in [0.2, 0.25) is 0 Å². The monoisotopic (exact) mass is 203 g/mol. The van der Waals surface area contributed by atoms with E-state index in [9.17, 15) is 0 Å². The number of rotatable bonds is 4. The number of anilines is 1. The van der Waals surface area contributed by atoms with Crippen LogP contribution in [0.4, 0.5) is 5.69 Å². The van der Waals surface area contributed by atoms with Crippen molar-refractivity contribution in [1.82, 2.24) is 9.97 Å². The third-order valence-corrected chi connectivity index (χ3v) is 2.15. The number of aryl methyl sites for hydroxylation is 2. The van der Waals surface area contributed by atoms with Crippen LogP contribution in [0.15, 0.2) is 35.2 Å². The first-order valence-corrected chi connectivity index (χ1v) is 4.93. The van der Waals surface area contributed by atoms with Gasteiger partial charge < -0.3 is 10.2 Å². The number of hydrogen-bond donors (Lipinski definition) is 1. The summed E-state index contributed by atoms with van der Waals surface area (Å²) in [7, 11) is 0. The van der Waals surface area contributed by atoms with Crippen molar-refractivity contribution in [2.24, 2.45) is 0 Å². The van der Waals surface area contributed by atoms with Crippen LogP contribution in [0.25, 0.3) is 0 Å². The summed E-state index contributed by atoms with van der Waals surface area (Å²) in [5.41, 5.74) is 7.30. The van der Waals surface area contributed by atoms with Crippen molar-refractivity contribution in [1.29, 1.82) is 0 Å². The van der Waals surface area contributed by atoms with E-state index in [1.54, 1.807) is 18.7 Å². The molecule has 2 rings (SSSR count). The van der Waals surface area contributed by atoms with Gasteiger partial charge in [0.05, 0.1) is 18.1 Å². The fourth-order valence-corrected chi connectivity index (χ4v) is 1.38. The Morgan fingerprint density at radius 1 is 1.20 bits per heavy atom. The van der Waals surface area contributed by atoms with Gasteiger partial charge in [-0.05, 0) is 25.0 Å². The van der Waals surface area contributed by atoms with Crippen molar-refractivity contribution in [2.75, 3.05) is 5.73 Å². The van der Waals surface area contributed by atoms with E-state index < -0.39 is 0 Å². The lowest BCUT2D eigenvalue weighted by atomic mass is 10.2. The van der Waals surface area contributed by atoms with E-state index in [1.807, 2.05) is 12.1 Å². The van der Waals surface area contributed by atoms with Gasteiger partial charge in [0.25, 0.3) is 0 Å². The Labute approximate surface area is 88.2 Å². The average molecular weight is 203 g/mol. The molecule has 0 unspecified atom stereocenters. The Hall–Kier alpha value is -1.84.